The van der Waals surface area contributed by atoms with E-state index in [1.165, 1.54) is 0 Å². The van der Waals surface area contributed by atoms with Crippen molar-refractivity contribution in [3.05, 3.63) is 77.7 Å². The molecule has 3 aromatic rings. The highest BCUT2D eigenvalue weighted by molar-refractivity contribution is 5.55. The quantitative estimate of drug-likeness (QED) is 0.585. The van der Waals surface area contributed by atoms with E-state index in [0.717, 1.165) is 49.5 Å². The average Bonchev–Trinajstić information content (AvgIpc) is 3.21. The summed E-state index contributed by atoms with van der Waals surface area (Å²) in [6.07, 6.45) is 2.81. The van der Waals surface area contributed by atoms with Crippen molar-refractivity contribution < 1.29 is 18.6 Å². The van der Waals surface area contributed by atoms with Gasteiger partial charge in [-0.1, -0.05) is 30.3 Å². The minimum absolute atomic E-state index is 0.0270. The number of nitrogens with one attached hydrogen (secondary N) is 1. The molecule has 4 rings (SSSR count). The molecular formula is C25H30N2O4. The lowest BCUT2D eigenvalue weighted by atomic mass is 10.0. The number of benzene rings is 2. The van der Waals surface area contributed by atoms with Gasteiger partial charge in [-0.2, -0.15) is 0 Å². The number of nitrogens with zero attached hydrogens (tertiary/aromatic N) is 1. The summed E-state index contributed by atoms with van der Waals surface area (Å²) in [4.78, 5) is 2.44. The van der Waals surface area contributed by atoms with E-state index < -0.39 is 0 Å². The van der Waals surface area contributed by atoms with Crippen LogP contribution in [0.3, 0.4) is 0 Å². The van der Waals surface area contributed by atoms with Crippen molar-refractivity contribution in [2.75, 3.05) is 40.4 Å². The summed E-state index contributed by atoms with van der Waals surface area (Å²) in [5, 5.41) is 3.47. The van der Waals surface area contributed by atoms with Crippen LogP contribution in [0.5, 0.6) is 17.2 Å². The van der Waals surface area contributed by atoms with Gasteiger partial charge in [-0.15, -0.1) is 0 Å². The van der Waals surface area contributed by atoms with E-state index in [-0.39, 0.29) is 6.04 Å². The Balaban J connectivity index is 1.68. The van der Waals surface area contributed by atoms with Gasteiger partial charge >= 0.3 is 0 Å². The van der Waals surface area contributed by atoms with Crippen LogP contribution in [0.15, 0.2) is 65.3 Å². The second kappa shape index (κ2) is 10.4. The Morgan fingerprint density at radius 3 is 2.42 bits per heavy atom. The summed E-state index contributed by atoms with van der Waals surface area (Å²) in [5.41, 5.74) is 2.14. The molecule has 0 radical (unpaired) electrons. The SMILES string of the molecule is COc1cc(C(c2ccco2)N2CCCNCC2)cc(OC)c1OCc1ccccc1. The highest BCUT2D eigenvalue weighted by atomic mass is 16.5. The second-order valence-electron chi connectivity index (χ2n) is 7.59. The van der Waals surface area contributed by atoms with Crippen LogP contribution in [-0.2, 0) is 6.61 Å². The van der Waals surface area contributed by atoms with Crippen LogP contribution in [0, 0.1) is 0 Å². The van der Waals surface area contributed by atoms with Gasteiger partial charge < -0.3 is 23.9 Å². The Morgan fingerprint density at radius 2 is 1.74 bits per heavy atom. The van der Waals surface area contributed by atoms with Gasteiger partial charge in [0.05, 0.1) is 26.5 Å². The van der Waals surface area contributed by atoms with Crippen molar-refractivity contribution in [1.82, 2.24) is 10.2 Å². The third kappa shape index (κ3) is 5.03. The summed E-state index contributed by atoms with van der Waals surface area (Å²) in [6.45, 7) is 4.33. The van der Waals surface area contributed by atoms with Crippen LogP contribution < -0.4 is 19.5 Å². The lowest BCUT2D eigenvalue weighted by molar-refractivity contribution is 0.214. The van der Waals surface area contributed by atoms with Gasteiger partial charge in [0, 0.05) is 19.6 Å². The monoisotopic (exact) mass is 422 g/mol. The molecule has 1 aliphatic heterocycles. The zero-order chi connectivity index (χ0) is 21.5. The molecule has 1 fully saturated rings. The number of hydrogen-bond acceptors (Lipinski definition) is 6. The normalized spacial score (nSPS) is 15.8. The fraction of sp³-hybridized carbons (Fsp3) is 0.360. The first-order valence-electron chi connectivity index (χ1n) is 10.7. The molecule has 1 aliphatic rings. The highest BCUT2D eigenvalue weighted by Gasteiger charge is 2.28. The maximum Gasteiger partial charge on any atom is 0.203 e. The minimum Gasteiger partial charge on any atom is -0.493 e. The first-order valence-corrected chi connectivity index (χ1v) is 10.7. The molecule has 1 atom stereocenters. The van der Waals surface area contributed by atoms with Crippen molar-refractivity contribution >= 4 is 0 Å². The van der Waals surface area contributed by atoms with Crippen LogP contribution in [0.4, 0.5) is 0 Å². The van der Waals surface area contributed by atoms with E-state index in [0.29, 0.717) is 23.9 Å². The van der Waals surface area contributed by atoms with Gasteiger partial charge in [-0.3, -0.25) is 4.90 Å². The molecule has 1 saturated heterocycles. The molecule has 1 aromatic heterocycles. The first kappa shape index (κ1) is 21.3. The minimum atomic E-state index is -0.0270. The molecule has 6 nitrogen and oxygen atoms in total. The Labute approximate surface area is 183 Å². The molecule has 0 bridgehead atoms. The third-order valence-electron chi connectivity index (χ3n) is 5.58. The van der Waals surface area contributed by atoms with Gasteiger partial charge in [0.15, 0.2) is 11.5 Å². The van der Waals surface area contributed by atoms with Crippen LogP contribution in [0.1, 0.15) is 29.3 Å². The van der Waals surface area contributed by atoms with Crippen molar-refractivity contribution in [3.8, 4) is 17.2 Å². The summed E-state index contributed by atoms with van der Waals surface area (Å²) in [7, 11) is 3.32. The standard InChI is InChI=1S/C25H30N2O4/c1-28-22-16-20(17-23(29-2)25(22)31-18-19-8-4-3-5-9-19)24(21-10-6-15-30-21)27-13-7-11-26-12-14-27/h3-6,8-10,15-17,24,26H,7,11-14,18H2,1-2H3. The van der Waals surface area contributed by atoms with E-state index in [9.17, 15) is 0 Å². The average molecular weight is 423 g/mol. The predicted molar refractivity (Wildman–Crippen MR) is 120 cm³/mol. The molecule has 1 unspecified atom stereocenters. The molecule has 0 aliphatic carbocycles. The maximum absolute atomic E-state index is 6.13. The van der Waals surface area contributed by atoms with Crippen molar-refractivity contribution in [3.63, 3.8) is 0 Å². The maximum atomic E-state index is 6.13. The first-order chi connectivity index (χ1) is 15.3. The molecule has 31 heavy (non-hydrogen) atoms. The second-order valence-corrected chi connectivity index (χ2v) is 7.59. The predicted octanol–water partition coefficient (Wildman–Crippen LogP) is 4.26. The number of furan rings is 1. The highest BCUT2D eigenvalue weighted by Crippen LogP contribution is 2.43. The number of methoxy groups -OCH3 is 2. The zero-order valence-corrected chi connectivity index (χ0v) is 18.2. The number of ether oxygens (including phenoxy) is 3. The molecule has 6 heteroatoms. The van der Waals surface area contributed by atoms with Crippen molar-refractivity contribution in [2.24, 2.45) is 0 Å². The van der Waals surface area contributed by atoms with Gasteiger partial charge in [0.2, 0.25) is 5.75 Å². The molecule has 2 aromatic carbocycles. The van der Waals surface area contributed by atoms with Gasteiger partial charge in [-0.25, -0.2) is 0 Å². The Morgan fingerprint density at radius 1 is 0.968 bits per heavy atom. The molecule has 0 amide bonds. The van der Waals surface area contributed by atoms with Gasteiger partial charge in [0.25, 0.3) is 0 Å². The van der Waals surface area contributed by atoms with E-state index in [2.05, 4.69) is 10.2 Å². The Hall–Kier alpha value is -2.96. The van der Waals surface area contributed by atoms with E-state index in [4.69, 9.17) is 18.6 Å². The summed E-state index contributed by atoms with van der Waals surface area (Å²) in [6, 6.07) is 18.1. The lowest BCUT2D eigenvalue weighted by Crippen LogP contribution is -2.32. The molecule has 2 heterocycles. The number of hydrogen-bond donors (Lipinski definition) is 1. The molecular weight excluding hydrogens is 392 g/mol. The summed E-state index contributed by atoms with van der Waals surface area (Å²) >= 11 is 0. The smallest absolute Gasteiger partial charge is 0.203 e. The van der Waals surface area contributed by atoms with Crippen LogP contribution in [0.25, 0.3) is 0 Å². The van der Waals surface area contributed by atoms with E-state index in [1.807, 2.05) is 54.6 Å². The zero-order valence-electron chi connectivity index (χ0n) is 18.2. The largest absolute Gasteiger partial charge is 0.493 e. The lowest BCUT2D eigenvalue weighted by Gasteiger charge is -2.30. The molecule has 1 N–H and O–H groups in total. The van der Waals surface area contributed by atoms with Crippen LogP contribution in [-0.4, -0.2) is 45.3 Å². The Bertz CT molecular complexity index is 910. The topological polar surface area (TPSA) is 56.1 Å². The molecule has 0 saturated carbocycles. The van der Waals surface area contributed by atoms with E-state index >= 15 is 0 Å². The fourth-order valence-electron chi connectivity index (χ4n) is 4.06. The molecule has 164 valence electrons. The molecule has 0 spiro atoms. The summed E-state index contributed by atoms with van der Waals surface area (Å²) < 4.78 is 23.4. The van der Waals surface area contributed by atoms with Crippen molar-refractivity contribution in [2.45, 2.75) is 19.1 Å². The van der Waals surface area contributed by atoms with E-state index in [1.54, 1.807) is 20.5 Å². The number of rotatable bonds is 8. The van der Waals surface area contributed by atoms with Gasteiger partial charge in [-0.05, 0) is 48.4 Å². The van der Waals surface area contributed by atoms with Gasteiger partial charge in [0.1, 0.15) is 12.4 Å². The third-order valence-corrected chi connectivity index (χ3v) is 5.58. The Kier molecular flexibility index (Phi) is 7.12. The van der Waals surface area contributed by atoms with Crippen molar-refractivity contribution in [1.29, 1.82) is 0 Å². The summed E-state index contributed by atoms with van der Waals surface area (Å²) in [5.74, 6) is 2.81. The fourth-order valence-corrected chi connectivity index (χ4v) is 4.06. The van der Waals surface area contributed by atoms with Crippen LogP contribution in [0.2, 0.25) is 0 Å². The van der Waals surface area contributed by atoms with Crippen LogP contribution >= 0.6 is 0 Å².